The lowest BCUT2D eigenvalue weighted by molar-refractivity contribution is 0.454. The molecule has 4 N–H and O–H groups in total. The van der Waals surface area contributed by atoms with Crippen LogP contribution in [-0.2, 0) is 6.42 Å². The van der Waals surface area contributed by atoms with E-state index in [0.29, 0.717) is 12.0 Å². The van der Waals surface area contributed by atoms with E-state index in [1.54, 1.807) is 0 Å². The average Bonchev–Trinajstić information content (AvgIpc) is 2.97. The number of benzene rings is 1. The van der Waals surface area contributed by atoms with Gasteiger partial charge in [-0.25, -0.2) is 0 Å². The second kappa shape index (κ2) is 4.51. The zero-order valence-corrected chi connectivity index (χ0v) is 9.95. The highest BCUT2D eigenvalue weighted by molar-refractivity contribution is 5.83. The van der Waals surface area contributed by atoms with Gasteiger partial charge in [0.05, 0.1) is 0 Å². The Labute approximate surface area is 101 Å². The van der Waals surface area contributed by atoms with Crippen LogP contribution in [-0.4, -0.2) is 24.1 Å². The van der Waals surface area contributed by atoms with Crippen molar-refractivity contribution in [1.82, 2.24) is 10.3 Å². The molecule has 2 unspecified atom stereocenters. The van der Waals surface area contributed by atoms with Crippen LogP contribution < -0.4 is 11.1 Å². The minimum Gasteiger partial charge on any atom is -0.361 e. The van der Waals surface area contributed by atoms with Gasteiger partial charge in [0.2, 0.25) is 0 Å². The van der Waals surface area contributed by atoms with Gasteiger partial charge in [0, 0.05) is 23.1 Å². The number of rotatable bonds is 3. The fourth-order valence-electron chi connectivity index (χ4n) is 2.88. The van der Waals surface area contributed by atoms with Crippen LogP contribution >= 0.6 is 0 Å². The summed E-state index contributed by atoms with van der Waals surface area (Å²) >= 11 is 0. The Bertz CT molecular complexity index is 503. The van der Waals surface area contributed by atoms with Crippen molar-refractivity contribution in [2.24, 2.45) is 11.7 Å². The first kappa shape index (κ1) is 10.8. The molecule has 1 fully saturated rings. The lowest BCUT2D eigenvalue weighted by Gasteiger charge is -2.17. The summed E-state index contributed by atoms with van der Waals surface area (Å²) in [6.07, 6.45) is 4.42. The summed E-state index contributed by atoms with van der Waals surface area (Å²) in [6.45, 7) is 1.90. The van der Waals surface area contributed by atoms with Crippen LogP contribution in [0.2, 0.25) is 0 Å². The molecule has 1 saturated heterocycles. The molecule has 0 spiro atoms. The maximum absolute atomic E-state index is 5.82. The Hall–Kier alpha value is -1.32. The highest BCUT2D eigenvalue weighted by Gasteiger charge is 2.26. The molecule has 2 heterocycles. The maximum Gasteiger partial charge on any atom is 0.0456 e. The van der Waals surface area contributed by atoms with Crippen molar-refractivity contribution in [2.75, 3.05) is 13.1 Å². The maximum atomic E-state index is 5.82. The Kier molecular flexibility index (Phi) is 2.87. The third kappa shape index (κ3) is 1.96. The minimum atomic E-state index is 0.541. The average molecular weight is 229 g/mol. The van der Waals surface area contributed by atoms with Crippen LogP contribution in [0.3, 0.4) is 0 Å². The summed E-state index contributed by atoms with van der Waals surface area (Å²) in [6, 6.07) is 9.02. The summed E-state index contributed by atoms with van der Waals surface area (Å²) < 4.78 is 0. The lowest BCUT2D eigenvalue weighted by atomic mass is 9.95. The Morgan fingerprint density at radius 2 is 2.18 bits per heavy atom. The first-order valence-corrected chi connectivity index (χ1v) is 6.37. The molecule has 0 amide bonds. The summed E-state index contributed by atoms with van der Waals surface area (Å²) in [5.74, 6) is 0.628. The van der Waals surface area contributed by atoms with E-state index in [9.17, 15) is 0 Å². The van der Waals surface area contributed by atoms with Gasteiger partial charge < -0.3 is 16.0 Å². The van der Waals surface area contributed by atoms with Crippen LogP contribution in [0.5, 0.6) is 0 Å². The molecule has 17 heavy (non-hydrogen) atoms. The third-order valence-electron chi connectivity index (χ3n) is 3.91. The standard InChI is InChI=1S/C14H19N3/c15-8-10-5-6-16-14(10)7-11-9-17-13-4-2-1-3-12(11)13/h1-4,9-10,14,16-17H,5-8,15H2. The van der Waals surface area contributed by atoms with E-state index < -0.39 is 0 Å². The van der Waals surface area contributed by atoms with Gasteiger partial charge in [-0.3, -0.25) is 0 Å². The van der Waals surface area contributed by atoms with E-state index in [-0.39, 0.29) is 0 Å². The summed E-state index contributed by atoms with van der Waals surface area (Å²) in [5, 5.41) is 4.91. The summed E-state index contributed by atoms with van der Waals surface area (Å²) in [7, 11) is 0. The quantitative estimate of drug-likeness (QED) is 0.749. The normalized spacial score (nSPS) is 24.5. The van der Waals surface area contributed by atoms with Crippen molar-refractivity contribution in [3.63, 3.8) is 0 Å². The van der Waals surface area contributed by atoms with Crippen LogP contribution in [0.4, 0.5) is 0 Å². The molecule has 1 aliphatic heterocycles. The SMILES string of the molecule is NCC1CCNC1Cc1c[nH]c2ccccc12. The number of hydrogen-bond donors (Lipinski definition) is 3. The molecule has 0 bridgehead atoms. The van der Waals surface area contributed by atoms with Crippen molar-refractivity contribution < 1.29 is 0 Å². The molecule has 2 atom stereocenters. The molecule has 3 rings (SSSR count). The summed E-state index contributed by atoms with van der Waals surface area (Å²) in [5.41, 5.74) is 8.45. The zero-order valence-electron chi connectivity index (χ0n) is 9.95. The predicted molar refractivity (Wildman–Crippen MR) is 71.0 cm³/mol. The molecular weight excluding hydrogens is 210 g/mol. The topological polar surface area (TPSA) is 53.8 Å². The summed E-state index contributed by atoms with van der Waals surface area (Å²) in [4.78, 5) is 3.34. The lowest BCUT2D eigenvalue weighted by Crippen LogP contribution is -2.32. The Morgan fingerprint density at radius 3 is 3.06 bits per heavy atom. The molecule has 90 valence electrons. The van der Waals surface area contributed by atoms with Crippen molar-refractivity contribution in [1.29, 1.82) is 0 Å². The molecule has 2 aromatic rings. The van der Waals surface area contributed by atoms with Crippen LogP contribution in [0.15, 0.2) is 30.5 Å². The van der Waals surface area contributed by atoms with Gasteiger partial charge in [0.25, 0.3) is 0 Å². The molecule has 1 aromatic heterocycles. The van der Waals surface area contributed by atoms with Crippen LogP contribution in [0.1, 0.15) is 12.0 Å². The number of para-hydroxylation sites is 1. The smallest absolute Gasteiger partial charge is 0.0456 e. The van der Waals surface area contributed by atoms with Crippen molar-refractivity contribution in [2.45, 2.75) is 18.9 Å². The van der Waals surface area contributed by atoms with Gasteiger partial charge >= 0.3 is 0 Å². The predicted octanol–water partition coefficient (Wildman–Crippen LogP) is 1.65. The number of H-pyrrole nitrogens is 1. The molecule has 3 heteroatoms. The Morgan fingerprint density at radius 1 is 1.29 bits per heavy atom. The minimum absolute atomic E-state index is 0.541. The number of hydrogen-bond acceptors (Lipinski definition) is 2. The van der Waals surface area contributed by atoms with Crippen LogP contribution in [0.25, 0.3) is 10.9 Å². The third-order valence-corrected chi connectivity index (χ3v) is 3.91. The highest BCUT2D eigenvalue weighted by atomic mass is 15.0. The first-order valence-electron chi connectivity index (χ1n) is 6.37. The molecule has 0 saturated carbocycles. The number of aromatic nitrogens is 1. The number of fused-ring (bicyclic) bond motifs is 1. The van der Waals surface area contributed by atoms with Crippen molar-refractivity contribution in [3.8, 4) is 0 Å². The van der Waals surface area contributed by atoms with E-state index in [1.807, 2.05) is 0 Å². The van der Waals surface area contributed by atoms with Gasteiger partial charge in [-0.15, -0.1) is 0 Å². The van der Waals surface area contributed by atoms with Crippen molar-refractivity contribution in [3.05, 3.63) is 36.0 Å². The fourth-order valence-corrected chi connectivity index (χ4v) is 2.88. The van der Waals surface area contributed by atoms with Gasteiger partial charge in [-0.2, -0.15) is 0 Å². The highest BCUT2D eigenvalue weighted by Crippen LogP contribution is 2.23. The number of nitrogens with two attached hydrogens (primary N) is 1. The molecular formula is C14H19N3. The molecule has 1 aliphatic rings. The van der Waals surface area contributed by atoms with Gasteiger partial charge in [-0.05, 0) is 43.5 Å². The molecule has 3 nitrogen and oxygen atoms in total. The number of aromatic amines is 1. The second-order valence-corrected chi connectivity index (χ2v) is 4.91. The van der Waals surface area contributed by atoms with E-state index in [2.05, 4.69) is 40.8 Å². The largest absolute Gasteiger partial charge is 0.361 e. The second-order valence-electron chi connectivity index (χ2n) is 4.91. The number of nitrogens with one attached hydrogen (secondary N) is 2. The van der Waals surface area contributed by atoms with Crippen molar-refractivity contribution >= 4 is 10.9 Å². The molecule has 0 aliphatic carbocycles. The fraction of sp³-hybridized carbons (Fsp3) is 0.429. The van der Waals surface area contributed by atoms with Gasteiger partial charge in [-0.1, -0.05) is 18.2 Å². The molecule has 1 aromatic carbocycles. The van der Waals surface area contributed by atoms with Gasteiger partial charge in [0.15, 0.2) is 0 Å². The van der Waals surface area contributed by atoms with E-state index in [1.165, 1.54) is 22.9 Å². The monoisotopic (exact) mass is 229 g/mol. The van der Waals surface area contributed by atoms with E-state index in [4.69, 9.17) is 5.73 Å². The Balaban J connectivity index is 1.85. The molecule has 0 radical (unpaired) electrons. The van der Waals surface area contributed by atoms with Crippen LogP contribution in [0, 0.1) is 5.92 Å². The zero-order chi connectivity index (χ0) is 11.7. The van der Waals surface area contributed by atoms with E-state index >= 15 is 0 Å². The van der Waals surface area contributed by atoms with E-state index in [0.717, 1.165) is 19.5 Å². The first-order chi connectivity index (χ1) is 8.38. The van der Waals surface area contributed by atoms with Gasteiger partial charge in [0.1, 0.15) is 0 Å².